The Morgan fingerprint density at radius 2 is 2.31 bits per heavy atom. The zero-order chi connectivity index (χ0) is 11.8. The molecule has 1 fully saturated rings. The normalized spacial score (nSPS) is 18.4. The van der Waals surface area contributed by atoms with E-state index >= 15 is 0 Å². The Hall–Kier alpha value is -0.900. The minimum atomic E-state index is -0.653. The number of carbonyl (C=O) groups is 1. The van der Waals surface area contributed by atoms with Gasteiger partial charge in [-0.15, -0.1) is 11.3 Å². The number of hydrogen-bond donors (Lipinski definition) is 1. The molecule has 0 unspecified atom stereocenters. The van der Waals surface area contributed by atoms with Crippen molar-refractivity contribution in [3.05, 3.63) is 16.1 Å². The minimum absolute atomic E-state index is 0.423. The average molecular weight is 239 g/mol. The molecule has 1 N–H and O–H groups in total. The van der Waals surface area contributed by atoms with Crippen LogP contribution in [0.15, 0.2) is 5.38 Å². The van der Waals surface area contributed by atoms with E-state index in [0.717, 1.165) is 30.0 Å². The first-order chi connectivity index (χ1) is 7.53. The maximum Gasteiger partial charge on any atom is 0.310 e. The van der Waals surface area contributed by atoms with Crippen molar-refractivity contribution in [1.29, 1.82) is 0 Å². The SMILES string of the molecule is CC(C)c1csc(CC2(C(=O)O)CCC2)n1. The molecule has 0 bridgehead atoms. The molecule has 0 radical (unpaired) electrons. The number of aromatic nitrogens is 1. The van der Waals surface area contributed by atoms with Gasteiger partial charge in [-0.2, -0.15) is 0 Å². The molecule has 88 valence electrons. The van der Waals surface area contributed by atoms with Crippen LogP contribution in [-0.2, 0) is 11.2 Å². The van der Waals surface area contributed by atoms with E-state index in [9.17, 15) is 9.90 Å². The third-order valence-electron chi connectivity index (χ3n) is 3.41. The van der Waals surface area contributed by atoms with E-state index in [0.29, 0.717) is 12.3 Å². The molecule has 0 aliphatic heterocycles. The Balaban J connectivity index is 2.11. The number of hydrogen-bond acceptors (Lipinski definition) is 3. The number of nitrogens with zero attached hydrogens (tertiary/aromatic N) is 1. The van der Waals surface area contributed by atoms with Crippen molar-refractivity contribution in [3.8, 4) is 0 Å². The molecule has 0 amide bonds. The summed E-state index contributed by atoms with van der Waals surface area (Å²) in [5, 5.41) is 12.3. The average Bonchev–Trinajstić information content (AvgIpc) is 2.58. The Labute approximate surface area is 99.5 Å². The van der Waals surface area contributed by atoms with Crippen LogP contribution in [0.25, 0.3) is 0 Å². The first kappa shape index (κ1) is 11.6. The fraction of sp³-hybridized carbons (Fsp3) is 0.667. The zero-order valence-electron chi connectivity index (χ0n) is 9.69. The molecule has 0 spiro atoms. The molecule has 0 aromatic carbocycles. The lowest BCUT2D eigenvalue weighted by Gasteiger charge is -2.36. The molecule has 1 aliphatic rings. The fourth-order valence-electron chi connectivity index (χ4n) is 2.03. The van der Waals surface area contributed by atoms with Gasteiger partial charge in [-0.3, -0.25) is 4.79 Å². The number of rotatable bonds is 4. The van der Waals surface area contributed by atoms with Gasteiger partial charge in [-0.05, 0) is 18.8 Å². The van der Waals surface area contributed by atoms with E-state index in [1.165, 1.54) is 0 Å². The Kier molecular flexibility index (Phi) is 3.02. The van der Waals surface area contributed by atoms with Crippen LogP contribution in [-0.4, -0.2) is 16.1 Å². The molecule has 0 atom stereocenters. The number of carboxylic acid groups (broad SMARTS) is 1. The predicted octanol–water partition coefficient (Wildman–Crippen LogP) is 3.06. The standard InChI is InChI=1S/C12H17NO2S/c1-8(2)9-7-16-10(13-9)6-12(11(14)15)4-3-5-12/h7-8H,3-6H2,1-2H3,(H,14,15). The summed E-state index contributed by atoms with van der Waals surface area (Å²) < 4.78 is 0. The summed E-state index contributed by atoms with van der Waals surface area (Å²) in [5.74, 6) is -0.229. The van der Waals surface area contributed by atoms with Gasteiger partial charge in [-0.1, -0.05) is 20.3 Å². The highest BCUT2D eigenvalue weighted by Crippen LogP contribution is 2.44. The van der Waals surface area contributed by atoms with Crippen LogP contribution in [0.1, 0.15) is 49.7 Å². The van der Waals surface area contributed by atoms with Gasteiger partial charge in [0.1, 0.15) is 0 Å². The van der Waals surface area contributed by atoms with Crippen molar-refractivity contribution < 1.29 is 9.90 Å². The first-order valence-corrected chi connectivity index (χ1v) is 6.59. The van der Waals surface area contributed by atoms with Crippen LogP contribution in [0, 0.1) is 5.41 Å². The number of thiazole rings is 1. The van der Waals surface area contributed by atoms with Crippen LogP contribution in [0.5, 0.6) is 0 Å². The summed E-state index contributed by atoms with van der Waals surface area (Å²) in [6, 6.07) is 0. The second kappa shape index (κ2) is 4.17. The predicted molar refractivity (Wildman–Crippen MR) is 63.8 cm³/mol. The van der Waals surface area contributed by atoms with E-state index in [1.807, 2.05) is 5.38 Å². The second-order valence-electron chi connectivity index (χ2n) is 4.94. The van der Waals surface area contributed by atoms with Crippen LogP contribution >= 0.6 is 11.3 Å². The lowest BCUT2D eigenvalue weighted by atomic mass is 9.67. The number of carboxylic acids is 1. The van der Waals surface area contributed by atoms with Gasteiger partial charge < -0.3 is 5.11 Å². The highest BCUT2D eigenvalue weighted by atomic mass is 32.1. The van der Waals surface area contributed by atoms with E-state index < -0.39 is 11.4 Å². The zero-order valence-corrected chi connectivity index (χ0v) is 10.5. The smallest absolute Gasteiger partial charge is 0.310 e. The lowest BCUT2D eigenvalue weighted by Crippen LogP contribution is -2.39. The first-order valence-electron chi connectivity index (χ1n) is 5.71. The van der Waals surface area contributed by atoms with E-state index in [1.54, 1.807) is 11.3 Å². The summed E-state index contributed by atoms with van der Waals surface area (Å²) in [6.45, 7) is 4.21. The van der Waals surface area contributed by atoms with E-state index in [2.05, 4.69) is 18.8 Å². The van der Waals surface area contributed by atoms with Gasteiger partial charge in [-0.25, -0.2) is 4.98 Å². The van der Waals surface area contributed by atoms with Crippen LogP contribution < -0.4 is 0 Å². The van der Waals surface area contributed by atoms with Crippen molar-refractivity contribution in [2.45, 2.75) is 45.4 Å². The van der Waals surface area contributed by atoms with E-state index in [4.69, 9.17) is 0 Å². The minimum Gasteiger partial charge on any atom is -0.481 e. The highest BCUT2D eigenvalue weighted by molar-refractivity contribution is 7.09. The van der Waals surface area contributed by atoms with Gasteiger partial charge >= 0.3 is 5.97 Å². The topological polar surface area (TPSA) is 50.2 Å². The summed E-state index contributed by atoms with van der Waals surface area (Å²) in [7, 11) is 0. The molecule has 1 aromatic heterocycles. The summed E-state index contributed by atoms with van der Waals surface area (Å²) in [5.41, 5.74) is 0.575. The van der Waals surface area contributed by atoms with Crippen LogP contribution in [0.3, 0.4) is 0 Å². The third-order valence-corrected chi connectivity index (χ3v) is 4.28. The van der Waals surface area contributed by atoms with E-state index in [-0.39, 0.29) is 0 Å². The summed E-state index contributed by atoms with van der Waals surface area (Å²) >= 11 is 1.60. The monoisotopic (exact) mass is 239 g/mol. The molecular weight excluding hydrogens is 222 g/mol. The molecule has 1 aliphatic carbocycles. The molecule has 4 heteroatoms. The van der Waals surface area contributed by atoms with Crippen LogP contribution in [0.4, 0.5) is 0 Å². The van der Waals surface area contributed by atoms with Gasteiger partial charge in [0.15, 0.2) is 0 Å². The van der Waals surface area contributed by atoms with Crippen molar-refractivity contribution in [3.63, 3.8) is 0 Å². The maximum absolute atomic E-state index is 11.2. The molecule has 2 rings (SSSR count). The molecular formula is C12H17NO2S. The molecule has 1 heterocycles. The van der Waals surface area contributed by atoms with Crippen molar-refractivity contribution in [1.82, 2.24) is 4.98 Å². The van der Waals surface area contributed by atoms with Gasteiger partial charge in [0.25, 0.3) is 0 Å². The Bertz CT molecular complexity index is 393. The molecule has 1 saturated carbocycles. The number of aliphatic carboxylic acids is 1. The quantitative estimate of drug-likeness (QED) is 0.878. The highest BCUT2D eigenvalue weighted by Gasteiger charge is 2.44. The van der Waals surface area contributed by atoms with Gasteiger partial charge in [0.05, 0.1) is 16.1 Å². The summed E-state index contributed by atoms with van der Waals surface area (Å²) in [4.78, 5) is 15.7. The molecule has 16 heavy (non-hydrogen) atoms. The Morgan fingerprint density at radius 3 is 2.69 bits per heavy atom. The van der Waals surface area contributed by atoms with Crippen molar-refractivity contribution >= 4 is 17.3 Å². The third kappa shape index (κ3) is 1.98. The molecule has 1 aromatic rings. The fourth-order valence-corrected chi connectivity index (χ4v) is 3.13. The van der Waals surface area contributed by atoms with Crippen molar-refractivity contribution in [2.24, 2.45) is 5.41 Å². The summed E-state index contributed by atoms with van der Waals surface area (Å²) in [6.07, 6.45) is 3.26. The maximum atomic E-state index is 11.2. The Morgan fingerprint density at radius 1 is 1.62 bits per heavy atom. The van der Waals surface area contributed by atoms with Crippen LogP contribution in [0.2, 0.25) is 0 Å². The van der Waals surface area contributed by atoms with Gasteiger partial charge in [0, 0.05) is 11.8 Å². The largest absolute Gasteiger partial charge is 0.481 e. The van der Waals surface area contributed by atoms with Crippen molar-refractivity contribution in [2.75, 3.05) is 0 Å². The molecule has 3 nitrogen and oxygen atoms in total. The lowest BCUT2D eigenvalue weighted by molar-refractivity contribution is -0.154. The van der Waals surface area contributed by atoms with Gasteiger partial charge in [0.2, 0.25) is 0 Å². The second-order valence-corrected chi connectivity index (χ2v) is 5.88. The molecule has 0 saturated heterocycles.